The molecule has 0 aliphatic carbocycles. The number of halogens is 2. The van der Waals surface area contributed by atoms with Gasteiger partial charge in [-0.15, -0.1) is 23.7 Å². The Morgan fingerprint density at radius 2 is 2.15 bits per heavy atom. The molecule has 0 aromatic carbocycles. The van der Waals surface area contributed by atoms with Gasteiger partial charge in [-0.3, -0.25) is 14.9 Å². The maximum Gasteiger partial charge on any atom is 0.258 e. The first-order valence-electron chi connectivity index (χ1n) is 8.32. The molecule has 2 amide bonds. The second kappa shape index (κ2) is 9.34. The van der Waals surface area contributed by atoms with Crippen molar-refractivity contribution in [3.05, 3.63) is 31.9 Å². The number of aryl methyl sites for hydroxylation is 1. The third-order valence-corrected chi connectivity index (χ3v) is 6.41. The van der Waals surface area contributed by atoms with Crippen molar-refractivity contribution in [1.29, 1.82) is 0 Å². The predicted molar refractivity (Wildman–Crippen MR) is 114 cm³/mol. The molecule has 2 aromatic heterocycles. The van der Waals surface area contributed by atoms with Crippen LogP contribution in [0.15, 0.2) is 12.3 Å². The molecule has 0 bridgehead atoms. The zero-order valence-electron chi connectivity index (χ0n) is 15.3. The summed E-state index contributed by atoms with van der Waals surface area (Å²) in [5.74, 6) is -0.0628. The summed E-state index contributed by atoms with van der Waals surface area (Å²) in [5, 5.41) is 3.27. The molecular formula is C17H22Cl2N4O2S2. The van der Waals surface area contributed by atoms with Crippen molar-refractivity contribution in [3.63, 3.8) is 0 Å². The lowest BCUT2D eigenvalue weighted by atomic mass is 10.1. The van der Waals surface area contributed by atoms with E-state index in [-0.39, 0.29) is 30.3 Å². The number of thiazole rings is 1. The van der Waals surface area contributed by atoms with Gasteiger partial charge in [0.15, 0.2) is 5.13 Å². The molecule has 0 radical (unpaired) electrons. The SMILES string of the molecule is Cc1sc([C@H]2CCCN2C(=O)CN(C)C)cc1C(=O)Nc1ncc(Cl)s1.Cl. The maximum absolute atomic E-state index is 12.6. The van der Waals surface area contributed by atoms with Crippen LogP contribution in [0.3, 0.4) is 0 Å². The number of likely N-dealkylation sites (tertiary alicyclic amines) is 1. The second-order valence-electron chi connectivity index (χ2n) is 6.53. The highest BCUT2D eigenvalue weighted by Crippen LogP contribution is 2.37. The van der Waals surface area contributed by atoms with Crippen molar-refractivity contribution >= 4 is 63.6 Å². The number of amides is 2. The summed E-state index contributed by atoms with van der Waals surface area (Å²) in [7, 11) is 3.79. The Kier molecular flexibility index (Phi) is 7.64. The fourth-order valence-corrected chi connectivity index (χ4v) is 5.07. The summed E-state index contributed by atoms with van der Waals surface area (Å²) in [5.41, 5.74) is 0.628. The van der Waals surface area contributed by atoms with Gasteiger partial charge in [0.25, 0.3) is 5.91 Å². The van der Waals surface area contributed by atoms with Crippen LogP contribution < -0.4 is 5.32 Å². The summed E-state index contributed by atoms with van der Waals surface area (Å²) in [4.78, 5) is 34.9. The van der Waals surface area contributed by atoms with Crippen LogP contribution in [0.4, 0.5) is 5.13 Å². The van der Waals surface area contributed by atoms with E-state index in [1.54, 1.807) is 11.3 Å². The third kappa shape index (κ3) is 5.20. The highest BCUT2D eigenvalue weighted by atomic mass is 35.5. The number of anilines is 1. The number of hydrogen-bond acceptors (Lipinski definition) is 6. The highest BCUT2D eigenvalue weighted by molar-refractivity contribution is 7.19. The predicted octanol–water partition coefficient (Wildman–Crippen LogP) is 4.07. The van der Waals surface area contributed by atoms with Gasteiger partial charge in [-0.25, -0.2) is 4.98 Å². The van der Waals surface area contributed by atoms with Crippen LogP contribution >= 0.6 is 46.7 Å². The summed E-state index contributed by atoms with van der Waals surface area (Å²) >= 11 is 8.67. The molecule has 1 fully saturated rings. The number of aromatic nitrogens is 1. The minimum Gasteiger partial charge on any atom is -0.334 e. The molecule has 0 spiro atoms. The number of likely N-dealkylation sites (N-methyl/N-ethyl adjacent to an activating group) is 1. The lowest BCUT2D eigenvalue weighted by molar-refractivity contribution is -0.132. The number of rotatable bonds is 5. The monoisotopic (exact) mass is 448 g/mol. The maximum atomic E-state index is 12.6. The zero-order valence-corrected chi connectivity index (χ0v) is 18.5. The van der Waals surface area contributed by atoms with Gasteiger partial charge in [-0.2, -0.15) is 0 Å². The van der Waals surface area contributed by atoms with Crippen molar-refractivity contribution < 1.29 is 9.59 Å². The lowest BCUT2D eigenvalue weighted by Crippen LogP contribution is -2.37. The summed E-state index contributed by atoms with van der Waals surface area (Å²) in [6.07, 6.45) is 3.43. The van der Waals surface area contributed by atoms with E-state index in [1.165, 1.54) is 17.5 Å². The van der Waals surface area contributed by atoms with E-state index in [0.717, 1.165) is 29.1 Å². The zero-order chi connectivity index (χ0) is 18.8. The molecule has 27 heavy (non-hydrogen) atoms. The Morgan fingerprint density at radius 3 is 2.78 bits per heavy atom. The minimum atomic E-state index is -0.194. The number of nitrogens with one attached hydrogen (secondary N) is 1. The van der Waals surface area contributed by atoms with Gasteiger partial charge >= 0.3 is 0 Å². The van der Waals surface area contributed by atoms with Gasteiger partial charge in [-0.1, -0.05) is 22.9 Å². The molecule has 1 atom stereocenters. The number of carbonyl (C=O) groups excluding carboxylic acids is 2. The standard InChI is InChI=1S/C17H21ClN4O2S2.ClH/c1-10-11(16(24)20-17-19-8-14(18)26-17)7-13(25-10)12-5-4-6-22(12)15(23)9-21(2)3;/h7-8,12H,4-6,9H2,1-3H3,(H,19,20,24);1H/t12-;/m1./s1. The largest absolute Gasteiger partial charge is 0.334 e. The van der Waals surface area contributed by atoms with Crippen LogP contribution in [0.5, 0.6) is 0 Å². The number of carbonyl (C=O) groups is 2. The Labute approximate surface area is 177 Å². The Balaban J connectivity index is 0.00000261. The van der Waals surface area contributed by atoms with Gasteiger partial charge in [0.1, 0.15) is 4.34 Å². The van der Waals surface area contributed by atoms with Crippen LogP contribution in [-0.4, -0.2) is 53.8 Å². The average molecular weight is 449 g/mol. The summed E-state index contributed by atoms with van der Waals surface area (Å²) < 4.78 is 0.532. The van der Waals surface area contributed by atoms with Crippen molar-refractivity contribution in [3.8, 4) is 0 Å². The van der Waals surface area contributed by atoms with E-state index in [0.29, 0.717) is 21.6 Å². The van der Waals surface area contributed by atoms with Crippen molar-refractivity contribution in [2.24, 2.45) is 0 Å². The highest BCUT2D eigenvalue weighted by Gasteiger charge is 2.32. The molecule has 1 N–H and O–H groups in total. The van der Waals surface area contributed by atoms with Crippen molar-refractivity contribution in [2.75, 3.05) is 32.5 Å². The van der Waals surface area contributed by atoms with E-state index in [4.69, 9.17) is 11.6 Å². The molecule has 1 aliphatic heterocycles. The molecule has 1 saturated heterocycles. The van der Waals surface area contributed by atoms with E-state index in [2.05, 4.69) is 10.3 Å². The van der Waals surface area contributed by atoms with Crippen LogP contribution in [0.2, 0.25) is 4.34 Å². The first kappa shape index (κ1) is 22.1. The molecule has 148 valence electrons. The van der Waals surface area contributed by atoms with Crippen molar-refractivity contribution in [2.45, 2.75) is 25.8 Å². The molecule has 0 saturated carbocycles. The molecule has 3 heterocycles. The molecule has 0 unspecified atom stereocenters. The van der Waals surface area contributed by atoms with Crippen molar-refractivity contribution in [1.82, 2.24) is 14.8 Å². The molecule has 2 aromatic rings. The van der Waals surface area contributed by atoms with E-state index >= 15 is 0 Å². The van der Waals surface area contributed by atoms with Gasteiger partial charge < -0.3 is 9.80 Å². The number of thiophene rings is 1. The van der Waals surface area contributed by atoms with Gasteiger partial charge in [0, 0.05) is 16.3 Å². The molecule has 6 nitrogen and oxygen atoms in total. The Morgan fingerprint density at radius 1 is 1.41 bits per heavy atom. The fourth-order valence-electron chi connectivity index (χ4n) is 3.09. The Bertz CT molecular complexity index is 822. The van der Waals surface area contributed by atoms with E-state index < -0.39 is 0 Å². The van der Waals surface area contributed by atoms with Gasteiger partial charge in [0.05, 0.1) is 24.3 Å². The topological polar surface area (TPSA) is 65.5 Å². The van der Waals surface area contributed by atoms with E-state index in [1.807, 2.05) is 36.9 Å². The van der Waals surface area contributed by atoms with Crippen LogP contribution in [-0.2, 0) is 4.79 Å². The smallest absolute Gasteiger partial charge is 0.258 e. The second-order valence-corrected chi connectivity index (χ2v) is 9.48. The lowest BCUT2D eigenvalue weighted by Gasteiger charge is -2.25. The fraction of sp³-hybridized carbons (Fsp3) is 0.471. The van der Waals surface area contributed by atoms with E-state index in [9.17, 15) is 9.59 Å². The third-order valence-electron chi connectivity index (χ3n) is 4.23. The van der Waals surface area contributed by atoms with Crippen LogP contribution in [0.1, 0.15) is 39.0 Å². The van der Waals surface area contributed by atoms with Gasteiger partial charge in [-0.05, 0) is 39.9 Å². The number of hydrogen-bond donors (Lipinski definition) is 1. The minimum absolute atomic E-state index is 0. The quantitative estimate of drug-likeness (QED) is 0.748. The normalized spacial score (nSPS) is 16.5. The average Bonchev–Trinajstić information content (AvgIpc) is 3.26. The molecular weight excluding hydrogens is 427 g/mol. The molecule has 3 rings (SSSR count). The number of nitrogens with zero attached hydrogens (tertiary/aromatic N) is 3. The summed E-state index contributed by atoms with van der Waals surface area (Å²) in [6, 6.07) is 1.97. The first-order chi connectivity index (χ1) is 12.3. The van der Waals surface area contributed by atoms with Crippen LogP contribution in [0, 0.1) is 6.92 Å². The Hall–Kier alpha value is -1.19. The summed E-state index contributed by atoms with van der Waals surface area (Å²) in [6.45, 7) is 3.10. The molecule has 10 heteroatoms. The van der Waals surface area contributed by atoms with Crippen LogP contribution in [0.25, 0.3) is 0 Å². The first-order valence-corrected chi connectivity index (χ1v) is 10.3. The van der Waals surface area contributed by atoms with Gasteiger partial charge in [0.2, 0.25) is 5.91 Å². The molecule has 1 aliphatic rings.